The average molecular weight is 324 g/mol. The van der Waals surface area contributed by atoms with Gasteiger partial charge < -0.3 is 5.32 Å². The van der Waals surface area contributed by atoms with E-state index in [9.17, 15) is 13.6 Å². The lowest BCUT2D eigenvalue weighted by molar-refractivity contribution is -0.116. The molecule has 0 saturated heterocycles. The number of rotatable bonds is 3. The van der Waals surface area contributed by atoms with Crippen LogP contribution in [0.5, 0.6) is 0 Å². The Bertz CT molecular complexity index is 440. The van der Waals surface area contributed by atoms with Gasteiger partial charge in [0.15, 0.2) is 0 Å². The predicted octanol–water partition coefficient (Wildman–Crippen LogP) is 3.62. The largest absolute Gasteiger partial charge is 0.323 e. The summed E-state index contributed by atoms with van der Waals surface area (Å²) in [5.74, 6) is -1.79. The second-order valence-electron chi connectivity index (χ2n) is 3.92. The second kappa shape index (κ2) is 5.82. The molecular formula is C11H12BrF2NOS. The van der Waals surface area contributed by atoms with Gasteiger partial charge in [-0.1, -0.05) is 13.8 Å². The van der Waals surface area contributed by atoms with Crippen LogP contribution >= 0.6 is 28.6 Å². The molecule has 0 aliphatic carbocycles. The van der Waals surface area contributed by atoms with Crippen LogP contribution in [0.25, 0.3) is 0 Å². The Morgan fingerprint density at radius 1 is 1.35 bits per heavy atom. The zero-order chi connectivity index (χ0) is 13.2. The van der Waals surface area contributed by atoms with Crippen LogP contribution < -0.4 is 5.32 Å². The molecule has 2 nitrogen and oxygen atoms in total. The summed E-state index contributed by atoms with van der Waals surface area (Å²) in [5, 5.41) is 1.74. The molecule has 0 aromatic heterocycles. The van der Waals surface area contributed by atoms with Gasteiger partial charge in [0.2, 0.25) is 5.91 Å². The Hall–Kier alpha value is -0.620. The van der Waals surface area contributed by atoms with E-state index in [0.29, 0.717) is 0 Å². The monoisotopic (exact) mass is 323 g/mol. The molecular weight excluding hydrogens is 312 g/mol. The van der Waals surface area contributed by atoms with Crippen molar-refractivity contribution in [3.8, 4) is 0 Å². The highest BCUT2D eigenvalue weighted by molar-refractivity contribution is 9.10. The molecule has 17 heavy (non-hydrogen) atoms. The smallest absolute Gasteiger partial charge is 0.237 e. The maximum Gasteiger partial charge on any atom is 0.237 e. The molecule has 1 N–H and O–H groups in total. The number of carbonyl (C=O) groups excluding carboxylic acids is 1. The summed E-state index contributed by atoms with van der Waals surface area (Å²) < 4.78 is 26.6. The van der Waals surface area contributed by atoms with E-state index in [4.69, 9.17) is 0 Å². The zero-order valence-corrected chi connectivity index (χ0v) is 11.8. The van der Waals surface area contributed by atoms with Gasteiger partial charge in [-0.2, -0.15) is 12.6 Å². The first kappa shape index (κ1) is 14.4. The lowest BCUT2D eigenvalue weighted by Gasteiger charge is -2.15. The topological polar surface area (TPSA) is 29.1 Å². The number of hydrogen-bond donors (Lipinski definition) is 2. The van der Waals surface area contributed by atoms with Crippen molar-refractivity contribution in [2.75, 3.05) is 5.32 Å². The summed E-state index contributed by atoms with van der Waals surface area (Å²) >= 11 is 6.95. The van der Waals surface area contributed by atoms with Crippen molar-refractivity contribution in [1.82, 2.24) is 0 Å². The van der Waals surface area contributed by atoms with Crippen LogP contribution in [0.1, 0.15) is 13.8 Å². The fraction of sp³-hybridized carbons (Fsp3) is 0.364. The molecule has 0 saturated carbocycles. The SMILES string of the molecule is CC(C)C(S)C(=O)Nc1cc(F)c(Br)cc1F. The summed E-state index contributed by atoms with van der Waals surface area (Å²) in [7, 11) is 0. The third-order valence-electron chi connectivity index (χ3n) is 2.17. The van der Waals surface area contributed by atoms with Crippen molar-refractivity contribution in [1.29, 1.82) is 0 Å². The van der Waals surface area contributed by atoms with E-state index in [1.54, 1.807) is 0 Å². The summed E-state index contributed by atoms with van der Waals surface area (Å²) in [6.07, 6.45) is 0. The van der Waals surface area contributed by atoms with Gasteiger partial charge in [-0.05, 0) is 27.9 Å². The molecule has 0 bridgehead atoms. The second-order valence-corrected chi connectivity index (χ2v) is 5.33. The van der Waals surface area contributed by atoms with Crippen molar-refractivity contribution < 1.29 is 13.6 Å². The number of nitrogens with one attached hydrogen (secondary N) is 1. The summed E-state index contributed by atoms with van der Waals surface area (Å²) in [6, 6.07) is 1.89. The Morgan fingerprint density at radius 2 is 1.94 bits per heavy atom. The molecule has 1 atom stereocenters. The molecule has 0 spiro atoms. The predicted molar refractivity (Wildman–Crippen MR) is 70.3 cm³/mol. The molecule has 1 rings (SSSR count). The van der Waals surface area contributed by atoms with Crippen molar-refractivity contribution in [2.45, 2.75) is 19.1 Å². The number of benzene rings is 1. The fourth-order valence-electron chi connectivity index (χ4n) is 1.13. The number of carbonyl (C=O) groups is 1. The lowest BCUT2D eigenvalue weighted by atomic mass is 10.1. The van der Waals surface area contributed by atoms with E-state index in [1.165, 1.54) is 0 Å². The van der Waals surface area contributed by atoms with Crippen LogP contribution in [0, 0.1) is 17.6 Å². The van der Waals surface area contributed by atoms with Crippen LogP contribution in [0.4, 0.5) is 14.5 Å². The first-order chi connectivity index (χ1) is 7.82. The van der Waals surface area contributed by atoms with Gasteiger partial charge in [0.1, 0.15) is 11.6 Å². The fourth-order valence-corrected chi connectivity index (χ4v) is 1.51. The third kappa shape index (κ3) is 3.67. The maximum atomic E-state index is 13.4. The van der Waals surface area contributed by atoms with Crippen LogP contribution in [-0.4, -0.2) is 11.2 Å². The summed E-state index contributed by atoms with van der Waals surface area (Å²) in [6.45, 7) is 3.63. The van der Waals surface area contributed by atoms with Crippen LogP contribution in [-0.2, 0) is 4.79 Å². The number of amides is 1. The van der Waals surface area contributed by atoms with E-state index in [2.05, 4.69) is 33.9 Å². The highest BCUT2D eigenvalue weighted by Gasteiger charge is 2.19. The van der Waals surface area contributed by atoms with Gasteiger partial charge in [-0.15, -0.1) is 0 Å². The lowest BCUT2D eigenvalue weighted by Crippen LogP contribution is -2.28. The molecule has 1 unspecified atom stereocenters. The highest BCUT2D eigenvalue weighted by atomic mass is 79.9. The molecule has 1 aromatic rings. The summed E-state index contributed by atoms with van der Waals surface area (Å²) in [4.78, 5) is 11.6. The number of thiol groups is 1. The zero-order valence-electron chi connectivity index (χ0n) is 9.30. The van der Waals surface area contributed by atoms with E-state index >= 15 is 0 Å². The van der Waals surface area contributed by atoms with Gasteiger partial charge in [0.05, 0.1) is 15.4 Å². The number of hydrogen-bond acceptors (Lipinski definition) is 2. The Labute approximate surface area is 112 Å². The Balaban J connectivity index is 2.89. The number of anilines is 1. The molecule has 0 heterocycles. The van der Waals surface area contributed by atoms with E-state index in [1.807, 2.05) is 13.8 Å². The Kier molecular flexibility index (Phi) is 4.94. The molecule has 6 heteroatoms. The van der Waals surface area contributed by atoms with Crippen LogP contribution in [0.2, 0.25) is 0 Å². The average Bonchev–Trinajstić information content (AvgIpc) is 2.24. The highest BCUT2D eigenvalue weighted by Crippen LogP contribution is 2.24. The van der Waals surface area contributed by atoms with Crippen molar-refractivity contribution >= 4 is 40.2 Å². The van der Waals surface area contributed by atoms with E-state index < -0.39 is 22.8 Å². The van der Waals surface area contributed by atoms with Gasteiger partial charge in [0, 0.05) is 6.07 Å². The molecule has 0 aliphatic rings. The first-order valence-corrected chi connectivity index (χ1v) is 6.27. The van der Waals surface area contributed by atoms with Gasteiger partial charge >= 0.3 is 0 Å². The van der Waals surface area contributed by atoms with Crippen LogP contribution in [0.15, 0.2) is 16.6 Å². The quantitative estimate of drug-likeness (QED) is 0.645. The van der Waals surface area contributed by atoms with Gasteiger partial charge in [-0.3, -0.25) is 4.79 Å². The van der Waals surface area contributed by atoms with Gasteiger partial charge in [-0.25, -0.2) is 8.78 Å². The van der Waals surface area contributed by atoms with E-state index in [-0.39, 0.29) is 16.1 Å². The third-order valence-corrected chi connectivity index (χ3v) is 3.61. The minimum Gasteiger partial charge on any atom is -0.323 e. The maximum absolute atomic E-state index is 13.4. The Morgan fingerprint density at radius 3 is 2.47 bits per heavy atom. The summed E-state index contributed by atoms with van der Waals surface area (Å²) in [5.41, 5.74) is -0.185. The molecule has 0 fully saturated rings. The number of halogens is 3. The molecule has 1 amide bonds. The molecule has 0 radical (unpaired) electrons. The van der Waals surface area contributed by atoms with Crippen molar-refractivity contribution in [3.63, 3.8) is 0 Å². The molecule has 1 aromatic carbocycles. The molecule has 94 valence electrons. The first-order valence-electron chi connectivity index (χ1n) is 4.96. The van der Waals surface area contributed by atoms with Crippen molar-refractivity contribution in [2.24, 2.45) is 5.92 Å². The van der Waals surface area contributed by atoms with E-state index in [0.717, 1.165) is 12.1 Å². The van der Waals surface area contributed by atoms with Crippen molar-refractivity contribution in [3.05, 3.63) is 28.2 Å². The standard InChI is InChI=1S/C11H12BrF2NOS/c1-5(2)10(17)11(16)15-9-4-7(13)6(12)3-8(9)14/h3-5,10,17H,1-2H3,(H,15,16). The molecule has 0 aliphatic heterocycles. The minimum atomic E-state index is -0.698. The van der Waals surface area contributed by atoms with Crippen LogP contribution in [0.3, 0.4) is 0 Å². The normalized spacial score (nSPS) is 12.6. The minimum absolute atomic E-state index is 0.00156. The van der Waals surface area contributed by atoms with Gasteiger partial charge in [0.25, 0.3) is 0 Å².